The summed E-state index contributed by atoms with van der Waals surface area (Å²) in [5, 5.41) is 0. The molecule has 3 rings (SSSR count). The number of unbranched alkanes of at least 4 members (excludes halogenated alkanes) is 2. The van der Waals surface area contributed by atoms with E-state index in [1.54, 1.807) is 6.07 Å². The van der Waals surface area contributed by atoms with E-state index in [-0.39, 0.29) is 23.1 Å². The third kappa shape index (κ3) is 4.52. The fourth-order valence-electron chi connectivity index (χ4n) is 3.83. The highest BCUT2D eigenvalue weighted by molar-refractivity contribution is 5.66. The Labute approximate surface area is 164 Å². The van der Waals surface area contributed by atoms with Crippen molar-refractivity contribution >= 4 is 0 Å². The SMILES string of the molecule is CCCCCC1CCC(c2ccc(-c3ccc(OC)cc3F)c(F)c2F)CO1. The number of halogens is 3. The van der Waals surface area contributed by atoms with Crippen molar-refractivity contribution in [1.29, 1.82) is 0 Å². The summed E-state index contributed by atoms with van der Waals surface area (Å²) in [5.41, 5.74) is 0.234. The average molecular weight is 392 g/mol. The van der Waals surface area contributed by atoms with Crippen LogP contribution in [0, 0.1) is 17.5 Å². The van der Waals surface area contributed by atoms with E-state index in [1.807, 2.05) is 0 Å². The quantitative estimate of drug-likeness (QED) is 0.493. The number of ether oxygens (including phenoxy) is 2. The number of methoxy groups -OCH3 is 1. The minimum Gasteiger partial charge on any atom is -0.497 e. The van der Waals surface area contributed by atoms with Gasteiger partial charge in [-0.25, -0.2) is 13.2 Å². The molecule has 0 N–H and O–H groups in total. The van der Waals surface area contributed by atoms with Gasteiger partial charge in [0.05, 0.1) is 19.8 Å². The van der Waals surface area contributed by atoms with E-state index in [1.165, 1.54) is 38.2 Å². The van der Waals surface area contributed by atoms with Crippen LogP contribution in [-0.2, 0) is 4.74 Å². The van der Waals surface area contributed by atoms with Crippen LogP contribution >= 0.6 is 0 Å². The highest BCUT2D eigenvalue weighted by atomic mass is 19.2. The summed E-state index contributed by atoms with van der Waals surface area (Å²) < 4.78 is 54.6. The molecule has 2 nitrogen and oxygen atoms in total. The molecule has 0 radical (unpaired) electrons. The molecule has 0 aliphatic carbocycles. The van der Waals surface area contributed by atoms with Crippen LogP contribution in [0.2, 0.25) is 0 Å². The van der Waals surface area contributed by atoms with Crippen molar-refractivity contribution < 1.29 is 22.6 Å². The van der Waals surface area contributed by atoms with Crippen LogP contribution in [0.15, 0.2) is 30.3 Å². The van der Waals surface area contributed by atoms with Crippen molar-refractivity contribution in [1.82, 2.24) is 0 Å². The Hall–Kier alpha value is -2.01. The van der Waals surface area contributed by atoms with Crippen LogP contribution in [0.3, 0.4) is 0 Å². The first kappa shape index (κ1) is 20.7. The first-order chi connectivity index (χ1) is 13.5. The van der Waals surface area contributed by atoms with E-state index in [4.69, 9.17) is 9.47 Å². The molecule has 1 fully saturated rings. The second-order valence-electron chi connectivity index (χ2n) is 7.40. The van der Waals surface area contributed by atoms with Gasteiger partial charge in [-0.15, -0.1) is 0 Å². The molecule has 0 bridgehead atoms. The molecule has 152 valence electrons. The van der Waals surface area contributed by atoms with E-state index in [0.29, 0.717) is 17.9 Å². The van der Waals surface area contributed by atoms with E-state index in [0.717, 1.165) is 31.7 Å². The van der Waals surface area contributed by atoms with Gasteiger partial charge in [0.25, 0.3) is 0 Å². The topological polar surface area (TPSA) is 18.5 Å². The predicted octanol–water partition coefficient (Wildman–Crippen LogP) is 6.62. The molecular weight excluding hydrogens is 365 g/mol. The Morgan fingerprint density at radius 1 is 1.00 bits per heavy atom. The zero-order valence-electron chi connectivity index (χ0n) is 16.4. The second kappa shape index (κ2) is 9.46. The van der Waals surface area contributed by atoms with Crippen molar-refractivity contribution in [3.05, 3.63) is 53.3 Å². The summed E-state index contributed by atoms with van der Waals surface area (Å²) in [4.78, 5) is 0. The fourth-order valence-corrected chi connectivity index (χ4v) is 3.83. The standard InChI is InChI=1S/C23H27F3O2/c1-3-4-5-6-16-8-7-15(14-28-16)18-11-12-20(23(26)22(18)25)19-10-9-17(27-2)13-21(19)24/h9-13,15-16H,3-8,14H2,1-2H3. The summed E-state index contributed by atoms with van der Waals surface area (Å²) in [6.45, 7) is 2.56. The molecular formula is C23H27F3O2. The van der Waals surface area contributed by atoms with E-state index >= 15 is 0 Å². The summed E-state index contributed by atoms with van der Waals surface area (Å²) >= 11 is 0. The van der Waals surface area contributed by atoms with Gasteiger partial charge in [0, 0.05) is 23.1 Å². The summed E-state index contributed by atoms with van der Waals surface area (Å²) in [6.07, 6.45) is 6.34. The van der Waals surface area contributed by atoms with Gasteiger partial charge in [-0.1, -0.05) is 38.3 Å². The lowest BCUT2D eigenvalue weighted by atomic mass is 9.88. The Morgan fingerprint density at radius 3 is 2.43 bits per heavy atom. The van der Waals surface area contributed by atoms with E-state index in [9.17, 15) is 13.2 Å². The second-order valence-corrected chi connectivity index (χ2v) is 7.40. The number of rotatable bonds is 7. The lowest BCUT2D eigenvalue weighted by molar-refractivity contribution is -0.00277. The van der Waals surface area contributed by atoms with Crippen molar-refractivity contribution in [3.8, 4) is 16.9 Å². The van der Waals surface area contributed by atoms with Crippen LogP contribution in [0.25, 0.3) is 11.1 Å². The zero-order chi connectivity index (χ0) is 20.1. The third-order valence-electron chi connectivity index (χ3n) is 5.52. The minimum absolute atomic E-state index is 0.0135. The lowest BCUT2D eigenvalue weighted by Crippen LogP contribution is -2.25. The Balaban J connectivity index is 1.74. The van der Waals surface area contributed by atoms with Crippen molar-refractivity contribution in [2.45, 2.75) is 57.5 Å². The van der Waals surface area contributed by atoms with Gasteiger partial charge < -0.3 is 9.47 Å². The molecule has 5 heteroatoms. The minimum atomic E-state index is -1.02. The number of benzene rings is 2. The van der Waals surface area contributed by atoms with Crippen molar-refractivity contribution in [2.24, 2.45) is 0 Å². The monoisotopic (exact) mass is 392 g/mol. The highest BCUT2D eigenvalue weighted by Crippen LogP contribution is 2.36. The maximum Gasteiger partial charge on any atom is 0.167 e. The van der Waals surface area contributed by atoms with Gasteiger partial charge in [-0.05, 0) is 37.0 Å². The molecule has 0 saturated carbocycles. The van der Waals surface area contributed by atoms with Gasteiger partial charge in [-0.2, -0.15) is 0 Å². The molecule has 0 spiro atoms. The normalized spacial score (nSPS) is 19.6. The van der Waals surface area contributed by atoms with Crippen LogP contribution < -0.4 is 4.74 Å². The van der Waals surface area contributed by atoms with E-state index in [2.05, 4.69) is 6.92 Å². The largest absolute Gasteiger partial charge is 0.497 e. The third-order valence-corrected chi connectivity index (χ3v) is 5.52. The predicted molar refractivity (Wildman–Crippen MR) is 104 cm³/mol. The van der Waals surface area contributed by atoms with Crippen molar-refractivity contribution in [3.63, 3.8) is 0 Å². The maximum atomic E-state index is 14.8. The highest BCUT2D eigenvalue weighted by Gasteiger charge is 2.27. The molecule has 1 saturated heterocycles. The number of hydrogen-bond acceptors (Lipinski definition) is 2. The van der Waals surface area contributed by atoms with Crippen LogP contribution in [0.4, 0.5) is 13.2 Å². The fraction of sp³-hybridized carbons (Fsp3) is 0.478. The first-order valence-corrected chi connectivity index (χ1v) is 9.98. The Kier molecular flexibility index (Phi) is 7.00. The van der Waals surface area contributed by atoms with E-state index < -0.39 is 17.5 Å². The number of hydrogen-bond donors (Lipinski definition) is 0. The molecule has 0 amide bonds. The zero-order valence-corrected chi connectivity index (χ0v) is 16.4. The molecule has 2 aromatic rings. The molecule has 1 heterocycles. The van der Waals surface area contributed by atoms with Gasteiger partial charge >= 0.3 is 0 Å². The molecule has 0 aromatic heterocycles. The molecule has 1 aliphatic heterocycles. The lowest BCUT2D eigenvalue weighted by Gasteiger charge is -2.30. The van der Waals surface area contributed by atoms with Gasteiger partial charge in [0.15, 0.2) is 11.6 Å². The molecule has 1 aliphatic rings. The van der Waals surface area contributed by atoms with Crippen molar-refractivity contribution in [2.75, 3.05) is 13.7 Å². The van der Waals surface area contributed by atoms with Gasteiger partial charge in [-0.3, -0.25) is 0 Å². The van der Waals surface area contributed by atoms with Gasteiger partial charge in [0.2, 0.25) is 0 Å². The maximum absolute atomic E-state index is 14.8. The summed E-state index contributed by atoms with van der Waals surface area (Å²) in [5.74, 6) is -2.43. The van der Waals surface area contributed by atoms with Crippen LogP contribution in [0.1, 0.15) is 56.9 Å². The van der Waals surface area contributed by atoms with Crippen LogP contribution in [-0.4, -0.2) is 19.8 Å². The summed E-state index contributed by atoms with van der Waals surface area (Å²) in [6, 6.07) is 7.09. The Morgan fingerprint density at radius 2 is 1.79 bits per heavy atom. The molecule has 2 aromatic carbocycles. The molecule has 28 heavy (non-hydrogen) atoms. The Bertz CT molecular complexity index is 799. The molecule has 2 atom stereocenters. The average Bonchev–Trinajstić information content (AvgIpc) is 2.71. The smallest absolute Gasteiger partial charge is 0.167 e. The van der Waals surface area contributed by atoms with Gasteiger partial charge in [0.1, 0.15) is 11.6 Å². The van der Waals surface area contributed by atoms with Crippen LogP contribution in [0.5, 0.6) is 5.75 Å². The first-order valence-electron chi connectivity index (χ1n) is 9.98. The molecule has 2 unspecified atom stereocenters. The summed E-state index contributed by atoms with van der Waals surface area (Å²) in [7, 11) is 1.42.